The minimum absolute atomic E-state index is 0.0100. The third-order valence-corrected chi connectivity index (χ3v) is 5.61. The molecule has 39 heavy (non-hydrogen) atoms. The van der Waals surface area contributed by atoms with Crippen LogP contribution in [0.3, 0.4) is 0 Å². The summed E-state index contributed by atoms with van der Waals surface area (Å²) in [7, 11) is 5.44. The standard InChI is InChI=1S/C32H51NO6/c1-5-6-7-8-9-10-11-12-13-14-15-16-17-18-19-20-21-22-23-24-31(35)39-28-29(34)27-38-26-25-30(32(36)37)33(2,3)4/h6-7,9-10,12-13,15-16,18-19,21-22,29-30,34H,5,8,11,14,17,20,23-28H2,1-4H3/p+1/b7-6-,10-9-,13-12-,16-15-,19-18-,22-21-. The molecule has 7 nitrogen and oxygen atoms in total. The van der Waals surface area contributed by atoms with Crippen molar-refractivity contribution in [1.82, 2.24) is 0 Å². The molecule has 0 spiro atoms. The number of aliphatic hydroxyl groups excluding tert-OH is 1. The lowest BCUT2D eigenvalue weighted by atomic mass is 10.1. The van der Waals surface area contributed by atoms with Crippen LogP contribution >= 0.6 is 0 Å². The molecular weight excluding hydrogens is 494 g/mol. The van der Waals surface area contributed by atoms with Gasteiger partial charge in [-0.3, -0.25) is 4.79 Å². The van der Waals surface area contributed by atoms with E-state index in [2.05, 4.69) is 67.7 Å². The van der Waals surface area contributed by atoms with Crippen molar-refractivity contribution in [1.29, 1.82) is 0 Å². The van der Waals surface area contributed by atoms with Crippen molar-refractivity contribution in [3.8, 4) is 0 Å². The Bertz CT molecular complexity index is 817. The van der Waals surface area contributed by atoms with Gasteiger partial charge in [-0.1, -0.05) is 79.8 Å². The number of rotatable bonds is 23. The topological polar surface area (TPSA) is 93.1 Å². The van der Waals surface area contributed by atoms with Gasteiger partial charge in [0.2, 0.25) is 0 Å². The van der Waals surface area contributed by atoms with E-state index in [1.165, 1.54) is 0 Å². The first-order chi connectivity index (χ1) is 18.7. The average molecular weight is 547 g/mol. The summed E-state index contributed by atoms with van der Waals surface area (Å²) in [6.45, 7) is 2.20. The number of esters is 1. The fourth-order valence-electron chi connectivity index (χ4n) is 3.41. The van der Waals surface area contributed by atoms with Gasteiger partial charge in [-0.25, -0.2) is 4.79 Å². The molecule has 7 heteroatoms. The van der Waals surface area contributed by atoms with Crippen LogP contribution < -0.4 is 0 Å². The minimum Gasteiger partial charge on any atom is -0.477 e. The predicted octanol–water partition coefficient (Wildman–Crippen LogP) is 5.93. The van der Waals surface area contributed by atoms with Gasteiger partial charge in [0.05, 0.1) is 34.4 Å². The second kappa shape index (κ2) is 24.3. The van der Waals surface area contributed by atoms with Gasteiger partial charge in [-0.2, -0.15) is 0 Å². The van der Waals surface area contributed by atoms with Crippen molar-refractivity contribution >= 4 is 11.9 Å². The maximum absolute atomic E-state index is 11.8. The number of quaternary nitrogens is 1. The van der Waals surface area contributed by atoms with Crippen molar-refractivity contribution in [2.45, 2.75) is 76.9 Å². The van der Waals surface area contributed by atoms with Crippen molar-refractivity contribution in [2.24, 2.45) is 0 Å². The van der Waals surface area contributed by atoms with Crippen LogP contribution in [0.25, 0.3) is 0 Å². The number of hydrogen-bond acceptors (Lipinski definition) is 5. The summed E-state index contributed by atoms with van der Waals surface area (Å²) in [6, 6.07) is -0.589. The zero-order chi connectivity index (χ0) is 29.2. The van der Waals surface area contributed by atoms with E-state index in [4.69, 9.17) is 9.47 Å². The molecule has 0 aromatic carbocycles. The van der Waals surface area contributed by atoms with Gasteiger partial charge in [0.25, 0.3) is 0 Å². The smallest absolute Gasteiger partial charge is 0.362 e. The molecule has 0 fully saturated rings. The van der Waals surface area contributed by atoms with Gasteiger partial charge in [0, 0.05) is 12.8 Å². The van der Waals surface area contributed by atoms with Crippen LogP contribution in [-0.4, -0.2) is 79.7 Å². The molecule has 2 unspecified atom stereocenters. The Kier molecular flexibility index (Phi) is 22.6. The maximum Gasteiger partial charge on any atom is 0.362 e. The Morgan fingerprint density at radius 2 is 1.21 bits per heavy atom. The molecule has 0 aliphatic heterocycles. The number of aliphatic hydroxyl groups is 1. The summed E-state index contributed by atoms with van der Waals surface area (Å²) in [6.07, 6.45) is 31.6. The number of hydrogen-bond donors (Lipinski definition) is 2. The Balaban J connectivity index is 3.78. The molecule has 0 heterocycles. The quantitative estimate of drug-likeness (QED) is 0.0714. The number of ether oxygens (including phenoxy) is 2. The molecule has 0 aliphatic carbocycles. The molecule has 0 saturated heterocycles. The lowest BCUT2D eigenvalue weighted by Crippen LogP contribution is -2.50. The molecule has 220 valence electrons. The predicted molar refractivity (Wildman–Crippen MR) is 159 cm³/mol. The van der Waals surface area contributed by atoms with Gasteiger partial charge in [0.15, 0.2) is 6.04 Å². The van der Waals surface area contributed by atoms with E-state index >= 15 is 0 Å². The first-order valence-corrected chi connectivity index (χ1v) is 14.0. The van der Waals surface area contributed by atoms with Gasteiger partial charge in [0.1, 0.15) is 12.7 Å². The van der Waals surface area contributed by atoms with E-state index in [9.17, 15) is 19.8 Å². The largest absolute Gasteiger partial charge is 0.477 e. The van der Waals surface area contributed by atoms with E-state index in [0.29, 0.717) is 12.8 Å². The molecule has 0 aromatic rings. The molecular formula is C32H52NO6+. The van der Waals surface area contributed by atoms with Crippen LogP contribution in [0.1, 0.15) is 64.7 Å². The fraction of sp³-hybridized carbons (Fsp3) is 0.562. The number of likely N-dealkylation sites (N-methyl/N-ethyl adjacent to an activating group) is 1. The van der Waals surface area contributed by atoms with Crippen LogP contribution in [0, 0.1) is 0 Å². The SMILES string of the molecule is CC/C=C\C/C=C\C/C=C\C/C=C\C/C=C\C/C=C\CCC(=O)OCC(O)COCCC(C(=O)O)[N+](C)(C)C. The third kappa shape index (κ3) is 24.1. The Hall–Kier alpha value is -2.74. The second-order valence-corrected chi connectivity index (χ2v) is 10.1. The zero-order valence-corrected chi connectivity index (χ0v) is 24.5. The summed E-state index contributed by atoms with van der Waals surface area (Å²) >= 11 is 0. The molecule has 2 atom stereocenters. The number of carbonyl (C=O) groups is 2. The minimum atomic E-state index is -0.938. The summed E-state index contributed by atoms with van der Waals surface area (Å²) in [5.74, 6) is -1.25. The average Bonchev–Trinajstić information content (AvgIpc) is 2.87. The van der Waals surface area contributed by atoms with Gasteiger partial charge in [-0.15, -0.1) is 0 Å². The zero-order valence-electron chi connectivity index (χ0n) is 24.5. The first-order valence-electron chi connectivity index (χ1n) is 14.0. The van der Waals surface area contributed by atoms with Crippen LogP contribution in [0.5, 0.6) is 0 Å². The highest BCUT2D eigenvalue weighted by Gasteiger charge is 2.30. The lowest BCUT2D eigenvalue weighted by molar-refractivity contribution is -0.887. The third-order valence-electron chi connectivity index (χ3n) is 5.61. The van der Waals surface area contributed by atoms with E-state index in [1.54, 1.807) is 0 Å². The highest BCUT2D eigenvalue weighted by molar-refractivity contribution is 5.72. The first kappa shape index (κ1) is 36.3. The van der Waals surface area contributed by atoms with Crippen molar-refractivity contribution < 1.29 is 33.8 Å². The highest BCUT2D eigenvalue weighted by Crippen LogP contribution is 2.08. The van der Waals surface area contributed by atoms with Crippen LogP contribution in [0.4, 0.5) is 0 Å². The molecule has 0 radical (unpaired) electrons. The number of carbonyl (C=O) groups excluding carboxylic acids is 1. The fourth-order valence-corrected chi connectivity index (χ4v) is 3.41. The van der Waals surface area contributed by atoms with Crippen LogP contribution in [0.2, 0.25) is 0 Å². The van der Waals surface area contributed by atoms with E-state index < -0.39 is 18.1 Å². The van der Waals surface area contributed by atoms with Crippen molar-refractivity contribution in [2.75, 3.05) is 41.0 Å². The number of carboxylic acids is 1. The number of nitrogens with zero attached hydrogens (tertiary/aromatic N) is 1. The van der Waals surface area contributed by atoms with Gasteiger partial charge < -0.3 is 24.2 Å². The Morgan fingerprint density at radius 3 is 1.64 bits per heavy atom. The van der Waals surface area contributed by atoms with Crippen LogP contribution in [-0.2, 0) is 19.1 Å². The normalized spacial score (nSPS) is 14.6. The Labute approximate surface area is 236 Å². The molecule has 0 aromatic heterocycles. The highest BCUT2D eigenvalue weighted by atomic mass is 16.5. The van der Waals surface area contributed by atoms with E-state index in [1.807, 2.05) is 33.3 Å². The molecule has 0 rings (SSSR count). The summed E-state index contributed by atoms with van der Waals surface area (Å²) in [4.78, 5) is 23.2. The second-order valence-electron chi connectivity index (χ2n) is 10.1. The van der Waals surface area contributed by atoms with Gasteiger partial charge in [-0.05, 0) is 44.9 Å². The molecule has 0 bridgehead atoms. The summed E-state index contributed by atoms with van der Waals surface area (Å²) in [5.41, 5.74) is 0. The van der Waals surface area contributed by atoms with Crippen molar-refractivity contribution in [3.63, 3.8) is 0 Å². The van der Waals surface area contributed by atoms with Gasteiger partial charge >= 0.3 is 11.9 Å². The molecule has 0 aliphatic rings. The number of aliphatic carboxylic acids is 1. The van der Waals surface area contributed by atoms with Crippen LogP contribution in [0.15, 0.2) is 72.9 Å². The van der Waals surface area contributed by atoms with Crippen molar-refractivity contribution in [3.05, 3.63) is 72.9 Å². The molecule has 0 amide bonds. The van der Waals surface area contributed by atoms with E-state index in [-0.39, 0.29) is 36.7 Å². The number of carboxylic acid groups (broad SMARTS) is 1. The Morgan fingerprint density at radius 1 is 0.744 bits per heavy atom. The summed E-state index contributed by atoms with van der Waals surface area (Å²) in [5, 5.41) is 19.2. The number of allylic oxidation sites excluding steroid dienone is 12. The monoisotopic (exact) mass is 546 g/mol. The molecule has 0 saturated carbocycles. The summed E-state index contributed by atoms with van der Waals surface area (Å²) < 4.78 is 10.7. The molecule has 2 N–H and O–H groups in total. The van der Waals surface area contributed by atoms with E-state index in [0.717, 1.165) is 38.5 Å². The lowest BCUT2D eigenvalue weighted by Gasteiger charge is -2.31. The maximum atomic E-state index is 11.8.